The number of aromatic nitrogens is 6. The third kappa shape index (κ3) is 3.28. The van der Waals surface area contributed by atoms with Crippen LogP contribution in [0.1, 0.15) is 42.1 Å². The third-order valence-electron chi connectivity index (χ3n) is 5.33. The molecule has 4 aromatic heterocycles. The first-order valence-corrected chi connectivity index (χ1v) is 9.57. The summed E-state index contributed by atoms with van der Waals surface area (Å²) in [4.78, 5) is 16.9. The van der Waals surface area contributed by atoms with Crippen molar-refractivity contribution in [2.45, 2.75) is 31.4 Å². The van der Waals surface area contributed by atoms with E-state index in [0.29, 0.717) is 24.0 Å². The van der Waals surface area contributed by atoms with E-state index in [1.165, 1.54) is 0 Å². The SMILES string of the molecule is CNc1ncc([C@H](C)c2ccc3[nH]ccc3n2)c(Nc2cc([C@@H]3C[C@H]3F)[nH]n2)n1. The van der Waals surface area contributed by atoms with Crippen LogP contribution < -0.4 is 10.6 Å². The standard InChI is InChI=1S/C20H21FN8/c1-10(14-3-4-15-16(25-14)5-6-23-15)12-9-24-20(22-2)27-19(12)26-18-8-17(28-29-18)11-7-13(11)21/h3-6,8-11,13,23H,7H2,1-2H3,(H3,22,24,26,27,28,29)/t10-,11+,13+/m0/s1. The first-order chi connectivity index (χ1) is 14.1. The number of pyridine rings is 1. The van der Waals surface area contributed by atoms with Gasteiger partial charge in [-0.3, -0.25) is 10.1 Å². The number of rotatable bonds is 6. The van der Waals surface area contributed by atoms with Crippen LogP contribution in [0.4, 0.5) is 22.0 Å². The molecule has 0 amide bonds. The van der Waals surface area contributed by atoms with Gasteiger partial charge in [-0.2, -0.15) is 10.1 Å². The monoisotopic (exact) mass is 392 g/mol. The highest BCUT2D eigenvalue weighted by Gasteiger charge is 2.40. The maximum Gasteiger partial charge on any atom is 0.224 e. The summed E-state index contributed by atoms with van der Waals surface area (Å²) in [5, 5.41) is 13.4. The number of halogens is 1. The summed E-state index contributed by atoms with van der Waals surface area (Å²) in [7, 11) is 1.77. The van der Waals surface area contributed by atoms with Crippen molar-refractivity contribution in [3.63, 3.8) is 0 Å². The smallest absolute Gasteiger partial charge is 0.224 e. The molecule has 0 aromatic carbocycles. The second-order valence-electron chi connectivity index (χ2n) is 7.31. The molecule has 148 valence electrons. The molecule has 4 N–H and O–H groups in total. The lowest BCUT2D eigenvalue weighted by atomic mass is 9.98. The molecule has 1 aliphatic rings. The Morgan fingerprint density at radius 2 is 2.10 bits per heavy atom. The predicted octanol–water partition coefficient (Wildman–Crippen LogP) is 3.84. The highest BCUT2D eigenvalue weighted by atomic mass is 19.1. The van der Waals surface area contributed by atoms with Crippen LogP contribution in [0.25, 0.3) is 11.0 Å². The molecule has 8 nitrogen and oxygen atoms in total. The van der Waals surface area contributed by atoms with E-state index in [0.717, 1.165) is 28.0 Å². The van der Waals surface area contributed by atoms with Gasteiger partial charge in [-0.25, -0.2) is 9.37 Å². The Labute approximate surface area is 166 Å². The van der Waals surface area contributed by atoms with E-state index in [1.54, 1.807) is 13.2 Å². The maximum atomic E-state index is 13.3. The molecule has 4 aromatic rings. The molecule has 0 unspecified atom stereocenters. The fourth-order valence-corrected chi connectivity index (χ4v) is 3.48. The van der Waals surface area contributed by atoms with Gasteiger partial charge in [-0.1, -0.05) is 6.92 Å². The van der Waals surface area contributed by atoms with Gasteiger partial charge in [-0.15, -0.1) is 0 Å². The number of aromatic amines is 2. The van der Waals surface area contributed by atoms with Crippen LogP contribution in [0, 0.1) is 0 Å². The van der Waals surface area contributed by atoms with Crippen molar-refractivity contribution in [1.82, 2.24) is 30.1 Å². The molecule has 1 fully saturated rings. The Hall–Kier alpha value is -3.49. The molecule has 0 aliphatic heterocycles. The van der Waals surface area contributed by atoms with E-state index in [4.69, 9.17) is 4.98 Å². The molecule has 3 atom stereocenters. The Balaban J connectivity index is 1.48. The molecule has 9 heteroatoms. The topological polar surface area (TPSA) is 107 Å². The van der Waals surface area contributed by atoms with E-state index in [9.17, 15) is 4.39 Å². The Bertz CT molecular complexity index is 1170. The summed E-state index contributed by atoms with van der Waals surface area (Å²) in [5.74, 6) is 1.62. The minimum Gasteiger partial charge on any atom is -0.360 e. The predicted molar refractivity (Wildman–Crippen MR) is 109 cm³/mol. The minimum atomic E-state index is -0.775. The highest BCUT2D eigenvalue weighted by molar-refractivity contribution is 5.75. The highest BCUT2D eigenvalue weighted by Crippen LogP contribution is 2.43. The zero-order chi connectivity index (χ0) is 20.0. The van der Waals surface area contributed by atoms with Gasteiger partial charge in [0.2, 0.25) is 5.95 Å². The summed E-state index contributed by atoms with van der Waals surface area (Å²) in [6.07, 6.45) is 3.44. The molecule has 1 aliphatic carbocycles. The number of alkyl halides is 1. The van der Waals surface area contributed by atoms with E-state index in [2.05, 4.69) is 42.7 Å². The molecule has 4 heterocycles. The Morgan fingerprint density at radius 1 is 1.24 bits per heavy atom. The van der Waals surface area contributed by atoms with Gasteiger partial charge in [0, 0.05) is 54.3 Å². The van der Waals surface area contributed by atoms with Crippen LogP contribution in [0.15, 0.2) is 36.7 Å². The summed E-state index contributed by atoms with van der Waals surface area (Å²) in [6.45, 7) is 2.07. The second-order valence-corrected chi connectivity index (χ2v) is 7.31. The number of nitrogens with zero attached hydrogens (tertiary/aromatic N) is 4. The van der Waals surface area contributed by atoms with Crippen molar-refractivity contribution >= 4 is 28.6 Å². The average Bonchev–Trinajstić information content (AvgIpc) is 3.12. The van der Waals surface area contributed by atoms with Crippen molar-refractivity contribution in [1.29, 1.82) is 0 Å². The van der Waals surface area contributed by atoms with Crippen LogP contribution in [0.5, 0.6) is 0 Å². The fraction of sp³-hybridized carbons (Fsp3) is 0.300. The van der Waals surface area contributed by atoms with Gasteiger partial charge in [-0.05, 0) is 24.6 Å². The zero-order valence-corrected chi connectivity index (χ0v) is 16.1. The molecular weight excluding hydrogens is 371 g/mol. The van der Waals surface area contributed by atoms with Gasteiger partial charge in [0.1, 0.15) is 12.0 Å². The summed E-state index contributed by atoms with van der Waals surface area (Å²) < 4.78 is 13.3. The second kappa shape index (κ2) is 6.84. The number of H-pyrrole nitrogens is 2. The lowest BCUT2D eigenvalue weighted by molar-refractivity contribution is 0.466. The summed E-state index contributed by atoms with van der Waals surface area (Å²) >= 11 is 0. The van der Waals surface area contributed by atoms with Crippen LogP contribution in [-0.4, -0.2) is 43.4 Å². The van der Waals surface area contributed by atoms with Gasteiger partial charge in [0.05, 0.1) is 11.0 Å². The first kappa shape index (κ1) is 17.6. The molecule has 29 heavy (non-hydrogen) atoms. The van der Waals surface area contributed by atoms with Gasteiger partial charge in [0.15, 0.2) is 5.82 Å². The number of anilines is 3. The number of nitrogens with one attached hydrogen (secondary N) is 4. The van der Waals surface area contributed by atoms with E-state index < -0.39 is 6.17 Å². The van der Waals surface area contributed by atoms with Crippen LogP contribution in [0.2, 0.25) is 0 Å². The molecule has 0 saturated heterocycles. The van der Waals surface area contributed by atoms with Gasteiger partial charge >= 0.3 is 0 Å². The van der Waals surface area contributed by atoms with Crippen molar-refractivity contribution in [3.05, 3.63) is 53.6 Å². The third-order valence-corrected chi connectivity index (χ3v) is 5.33. The van der Waals surface area contributed by atoms with E-state index in [1.807, 2.05) is 30.5 Å². The molecular formula is C20H21FN8. The average molecular weight is 392 g/mol. The number of hydrogen-bond acceptors (Lipinski definition) is 6. The van der Waals surface area contributed by atoms with E-state index >= 15 is 0 Å². The largest absolute Gasteiger partial charge is 0.360 e. The first-order valence-electron chi connectivity index (χ1n) is 9.57. The Morgan fingerprint density at radius 3 is 2.90 bits per heavy atom. The normalized spacial score (nSPS) is 19.3. The minimum absolute atomic E-state index is 0.0419. The lowest BCUT2D eigenvalue weighted by Gasteiger charge is -2.16. The van der Waals surface area contributed by atoms with Crippen molar-refractivity contribution in [2.75, 3.05) is 17.7 Å². The fourth-order valence-electron chi connectivity index (χ4n) is 3.48. The number of hydrogen-bond donors (Lipinski definition) is 4. The van der Waals surface area contributed by atoms with E-state index in [-0.39, 0.29) is 11.8 Å². The van der Waals surface area contributed by atoms with Crippen molar-refractivity contribution < 1.29 is 4.39 Å². The van der Waals surface area contributed by atoms with Crippen molar-refractivity contribution in [3.8, 4) is 0 Å². The Kier molecular flexibility index (Phi) is 4.15. The number of fused-ring (bicyclic) bond motifs is 1. The zero-order valence-electron chi connectivity index (χ0n) is 16.1. The summed E-state index contributed by atoms with van der Waals surface area (Å²) in [6, 6.07) is 7.81. The van der Waals surface area contributed by atoms with Crippen molar-refractivity contribution in [2.24, 2.45) is 0 Å². The maximum absolute atomic E-state index is 13.3. The molecule has 1 saturated carbocycles. The molecule has 0 radical (unpaired) electrons. The van der Waals surface area contributed by atoms with Gasteiger partial charge < -0.3 is 15.6 Å². The van der Waals surface area contributed by atoms with Gasteiger partial charge in [0.25, 0.3) is 0 Å². The summed E-state index contributed by atoms with van der Waals surface area (Å²) in [5.41, 5.74) is 4.53. The quantitative estimate of drug-likeness (QED) is 0.397. The molecule has 0 bridgehead atoms. The van der Waals surface area contributed by atoms with Crippen LogP contribution in [0.3, 0.4) is 0 Å². The molecule has 0 spiro atoms. The lowest BCUT2D eigenvalue weighted by Crippen LogP contribution is -2.08. The van der Waals surface area contributed by atoms with Crippen LogP contribution >= 0.6 is 0 Å². The van der Waals surface area contributed by atoms with Crippen LogP contribution in [-0.2, 0) is 0 Å². The molecule has 5 rings (SSSR count).